The van der Waals surface area contributed by atoms with Crippen molar-refractivity contribution in [2.45, 2.75) is 25.9 Å². The van der Waals surface area contributed by atoms with Crippen LogP contribution >= 0.6 is 23.2 Å². The van der Waals surface area contributed by atoms with Gasteiger partial charge >= 0.3 is 6.03 Å². The van der Waals surface area contributed by atoms with Gasteiger partial charge in [0.15, 0.2) is 10.3 Å². The van der Waals surface area contributed by atoms with Crippen molar-refractivity contribution < 1.29 is 14.7 Å². The third kappa shape index (κ3) is 4.29. The van der Waals surface area contributed by atoms with Gasteiger partial charge in [0.25, 0.3) is 5.91 Å². The second-order valence-corrected chi connectivity index (χ2v) is 9.17. The largest absolute Gasteiger partial charge is 0.507 e. The molecule has 2 aromatic heterocycles. The van der Waals surface area contributed by atoms with Crippen molar-refractivity contribution in [2.24, 2.45) is 0 Å². The van der Waals surface area contributed by atoms with E-state index in [4.69, 9.17) is 23.2 Å². The lowest BCUT2D eigenvalue weighted by molar-refractivity contribution is -0.119. The van der Waals surface area contributed by atoms with Gasteiger partial charge in [0.05, 0.1) is 5.69 Å². The summed E-state index contributed by atoms with van der Waals surface area (Å²) in [4.78, 5) is 37.9. The van der Waals surface area contributed by atoms with Crippen LogP contribution in [0.3, 0.4) is 0 Å². The normalized spacial score (nSPS) is 15.7. The highest BCUT2D eigenvalue weighted by atomic mass is 35.5. The topological polar surface area (TPSA) is 91.6 Å². The summed E-state index contributed by atoms with van der Waals surface area (Å²) in [5.41, 5.74) is 3.25. The summed E-state index contributed by atoms with van der Waals surface area (Å²) in [6.07, 6.45) is 4.96. The number of para-hydroxylation sites is 1. The maximum absolute atomic E-state index is 13.6. The minimum absolute atomic E-state index is 0.125. The van der Waals surface area contributed by atoms with Gasteiger partial charge in [0, 0.05) is 31.0 Å². The number of pyridine rings is 1. The molecule has 3 amide bonds. The van der Waals surface area contributed by atoms with Gasteiger partial charge in [-0.3, -0.25) is 14.3 Å². The molecular formula is C26H21Cl2N5O3. The van der Waals surface area contributed by atoms with E-state index in [0.29, 0.717) is 22.5 Å². The van der Waals surface area contributed by atoms with Crippen LogP contribution in [0.25, 0.3) is 5.69 Å². The maximum atomic E-state index is 13.6. The number of urea groups is 1. The number of carbonyl (C=O) groups is 2. The Balaban J connectivity index is 1.49. The Kier molecular flexibility index (Phi) is 6.38. The molecule has 1 saturated heterocycles. The van der Waals surface area contributed by atoms with Crippen molar-refractivity contribution in [2.75, 3.05) is 4.90 Å². The number of benzene rings is 2. The first kappa shape index (κ1) is 23.8. The molecule has 0 saturated carbocycles. The van der Waals surface area contributed by atoms with Crippen molar-refractivity contribution in [3.8, 4) is 11.4 Å². The predicted octanol–water partition coefficient (Wildman–Crippen LogP) is 5.17. The molecule has 5 rings (SSSR count). The van der Waals surface area contributed by atoms with Gasteiger partial charge in [-0.1, -0.05) is 41.4 Å². The second kappa shape index (κ2) is 9.64. The number of imidazole rings is 1. The Morgan fingerprint density at radius 1 is 0.972 bits per heavy atom. The quantitative estimate of drug-likeness (QED) is 0.353. The van der Waals surface area contributed by atoms with Gasteiger partial charge in [0.1, 0.15) is 18.1 Å². The Hall–Kier alpha value is -3.88. The second-order valence-electron chi connectivity index (χ2n) is 8.45. The molecule has 1 N–H and O–H groups in total. The highest BCUT2D eigenvalue weighted by Gasteiger charge is 2.46. The van der Waals surface area contributed by atoms with E-state index in [1.807, 2.05) is 6.07 Å². The molecule has 0 spiro atoms. The van der Waals surface area contributed by atoms with Crippen LogP contribution in [0.15, 0.2) is 73.3 Å². The average Bonchev–Trinajstić information content (AvgIpc) is 3.33. The minimum atomic E-state index is -0.792. The molecule has 1 aliphatic heterocycles. The molecule has 2 aromatic carbocycles. The van der Waals surface area contributed by atoms with Crippen LogP contribution in [0.1, 0.15) is 16.7 Å². The van der Waals surface area contributed by atoms with E-state index < -0.39 is 12.1 Å². The van der Waals surface area contributed by atoms with Crippen molar-refractivity contribution in [3.05, 3.63) is 100 Å². The number of aryl methyl sites for hydroxylation is 1. The van der Waals surface area contributed by atoms with Crippen LogP contribution in [0.2, 0.25) is 10.3 Å². The molecule has 1 atom stereocenters. The lowest BCUT2D eigenvalue weighted by atomic mass is 10.0. The standard InChI is InChI=1S/C26H21Cl2N5O3/c1-16-3-2-4-18(22(16)34)13-21-25(35)33(26(36)31(21)14-17-9-11-29-12-10-17)20-7-5-19(6-8-20)32-15-30-23(27)24(32)28/h2-12,15,21,34H,13-14H2,1H3. The molecule has 182 valence electrons. The van der Waals surface area contributed by atoms with E-state index in [0.717, 1.165) is 5.56 Å². The molecule has 4 aromatic rings. The van der Waals surface area contributed by atoms with Crippen LogP contribution < -0.4 is 4.90 Å². The van der Waals surface area contributed by atoms with Crippen LogP contribution in [0.5, 0.6) is 5.75 Å². The molecule has 0 aliphatic carbocycles. The number of hydrogen-bond acceptors (Lipinski definition) is 5. The van der Waals surface area contributed by atoms with E-state index in [9.17, 15) is 14.7 Å². The fourth-order valence-electron chi connectivity index (χ4n) is 4.28. The lowest BCUT2D eigenvalue weighted by Gasteiger charge is -2.22. The third-order valence-electron chi connectivity index (χ3n) is 6.21. The number of halogens is 2. The Morgan fingerprint density at radius 3 is 2.33 bits per heavy atom. The number of phenols is 1. The molecule has 3 heterocycles. The molecule has 1 unspecified atom stereocenters. The van der Waals surface area contributed by atoms with Crippen LogP contribution in [-0.2, 0) is 17.8 Å². The van der Waals surface area contributed by atoms with E-state index in [2.05, 4.69) is 9.97 Å². The number of imide groups is 1. The van der Waals surface area contributed by atoms with Crippen molar-refractivity contribution in [3.63, 3.8) is 0 Å². The summed E-state index contributed by atoms with van der Waals surface area (Å²) < 4.78 is 1.60. The Bertz CT molecular complexity index is 1440. The Morgan fingerprint density at radius 2 is 1.67 bits per heavy atom. The van der Waals surface area contributed by atoms with Gasteiger partial charge in [-0.2, -0.15) is 0 Å². The van der Waals surface area contributed by atoms with E-state index in [1.165, 1.54) is 16.1 Å². The average molecular weight is 522 g/mol. The fraction of sp³-hybridized carbons (Fsp3) is 0.154. The summed E-state index contributed by atoms with van der Waals surface area (Å²) >= 11 is 12.1. The third-order valence-corrected chi connectivity index (χ3v) is 6.94. The molecule has 1 fully saturated rings. The van der Waals surface area contributed by atoms with Gasteiger partial charge in [-0.25, -0.2) is 14.7 Å². The maximum Gasteiger partial charge on any atom is 0.332 e. The number of aromatic nitrogens is 3. The molecular weight excluding hydrogens is 501 g/mol. The molecule has 36 heavy (non-hydrogen) atoms. The zero-order valence-electron chi connectivity index (χ0n) is 19.2. The first-order valence-corrected chi connectivity index (χ1v) is 11.9. The van der Waals surface area contributed by atoms with Crippen molar-refractivity contribution in [1.29, 1.82) is 0 Å². The molecule has 0 bridgehead atoms. The summed E-state index contributed by atoms with van der Waals surface area (Å²) in [5, 5.41) is 11.0. The number of amides is 3. The number of aromatic hydroxyl groups is 1. The lowest BCUT2D eigenvalue weighted by Crippen LogP contribution is -2.36. The van der Waals surface area contributed by atoms with Crippen LogP contribution in [0.4, 0.5) is 10.5 Å². The summed E-state index contributed by atoms with van der Waals surface area (Å²) in [6.45, 7) is 2.02. The highest BCUT2D eigenvalue weighted by Crippen LogP contribution is 2.32. The molecule has 1 aliphatic rings. The molecule has 0 radical (unpaired) electrons. The SMILES string of the molecule is Cc1cccc(CC2C(=O)N(c3ccc(-n4cnc(Cl)c4Cl)cc3)C(=O)N2Cc2ccncc2)c1O. The van der Waals surface area contributed by atoms with E-state index in [1.54, 1.807) is 72.4 Å². The summed E-state index contributed by atoms with van der Waals surface area (Å²) in [5.74, 6) is -0.244. The highest BCUT2D eigenvalue weighted by molar-refractivity contribution is 6.40. The first-order chi connectivity index (χ1) is 17.3. The van der Waals surface area contributed by atoms with Crippen LogP contribution in [-0.4, -0.2) is 42.5 Å². The first-order valence-electron chi connectivity index (χ1n) is 11.1. The van der Waals surface area contributed by atoms with Crippen molar-refractivity contribution in [1.82, 2.24) is 19.4 Å². The van der Waals surface area contributed by atoms with Gasteiger partial charge in [0.2, 0.25) is 0 Å². The zero-order chi connectivity index (χ0) is 25.4. The van der Waals surface area contributed by atoms with Gasteiger partial charge in [-0.15, -0.1) is 0 Å². The molecule has 8 nitrogen and oxygen atoms in total. The molecule has 10 heteroatoms. The number of phenolic OH excluding ortho intramolecular Hbond substituents is 1. The predicted molar refractivity (Wildman–Crippen MR) is 137 cm³/mol. The van der Waals surface area contributed by atoms with Gasteiger partial charge < -0.3 is 10.0 Å². The summed E-state index contributed by atoms with van der Waals surface area (Å²) in [6, 6.07) is 14.6. The van der Waals surface area contributed by atoms with Crippen molar-refractivity contribution >= 4 is 40.8 Å². The van der Waals surface area contributed by atoms with Gasteiger partial charge in [-0.05, 0) is 60.0 Å². The number of carbonyl (C=O) groups excluding carboxylic acids is 2. The Labute approximate surface area is 217 Å². The smallest absolute Gasteiger partial charge is 0.332 e. The number of hydrogen-bond donors (Lipinski definition) is 1. The number of rotatable bonds is 6. The zero-order valence-corrected chi connectivity index (χ0v) is 20.7. The fourth-order valence-corrected chi connectivity index (χ4v) is 4.61. The number of nitrogens with zero attached hydrogens (tertiary/aromatic N) is 5. The van der Waals surface area contributed by atoms with Crippen LogP contribution in [0, 0.1) is 6.92 Å². The number of anilines is 1. The van der Waals surface area contributed by atoms with E-state index in [-0.39, 0.29) is 34.9 Å². The van der Waals surface area contributed by atoms with E-state index >= 15 is 0 Å². The summed E-state index contributed by atoms with van der Waals surface area (Å²) in [7, 11) is 0. The minimum Gasteiger partial charge on any atom is -0.507 e. The monoisotopic (exact) mass is 521 g/mol.